The summed E-state index contributed by atoms with van der Waals surface area (Å²) in [6, 6.07) is 21.6. The number of ether oxygens (including phenoxy) is 2. The molecule has 3 aromatic carbocycles. The highest BCUT2D eigenvalue weighted by Gasteiger charge is 2.32. The third-order valence-corrected chi connectivity index (χ3v) is 8.22. The minimum Gasteiger partial charge on any atom is -0.497 e. The molecule has 0 saturated carbocycles. The van der Waals surface area contributed by atoms with Gasteiger partial charge in [0.05, 0.1) is 30.5 Å². The van der Waals surface area contributed by atoms with E-state index in [0.29, 0.717) is 22.7 Å². The average Bonchev–Trinajstić information content (AvgIpc) is 3.21. The Labute approximate surface area is 201 Å². The van der Waals surface area contributed by atoms with Crippen molar-refractivity contribution >= 4 is 43.3 Å². The standard InChI is InChI=1S/C25H22N2O5S2/c1-31-17-13-14-19(20(15-17)32-2)27-25-24(34(29,30)18-11-7-4-8-12-18)21(26)23(33-25)22(28)16-9-5-3-6-10-16/h3-15,27H,26H2,1-2H3. The number of methoxy groups -OCH3 is 2. The zero-order valence-electron chi connectivity index (χ0n) is 18.4. The van der Waals surface area contributed by atoms with Gasteiger partial charge in [-0.1, -0.05) is 48.5 Å². The van der Waals surface area contributed by atoms with Gasteiger partial charge in [0, 0.05) is 11.6 Å². The van der Waals surface area contributed by atoms with Crippen molar-refractivity contribution in [2.24, 2.45) is 0 Å². The van der Waals surface area contributed by atoms with Gasteiger partial charge in [-0.05, 0) is 24.3 Å². The van der Waals surface area contributed by atoms with Crippen LogP contribution in [-0.2, 0) is 9.84 Å². The predicted molar refractivity (Wildman–Crippen MR) is 133 cm³/mol. The number of nitrogen functional groups attached to an aromatic ring is 1. The lowest BCUT2D eigenvalue weighted by atomic mass is 10.1. The monoisotopic (exact) mass is 494 g/mol. The van der Waals surface area contributed by atoms with Crippen LogP contribution >= 0.6 is 11.3 Å². The number of anilines is 3. The molecular formula is C25H22N2O5S2. The molecule has 1 heterocycles. The molecule has 3 N–H and O–H groups in total. The first-order valence-electron chi connectivity index (χ1n) is 10.2. The molecule has 0 saturated heterocycles. The number of nitrogens with one attached hydrogen (secondary N) is 1. The molecule has 0 unspecified atom stereocenters. The van der Waals surface area contributed by atoms with Gasteiger partial charge in [-0.3, -0.25) is 4.79 Å². The largest absolute Gasteiger partial charge is 0.497 e. The summed E-state index contributed by atoms with van der Waals surface area (Å²) in [6.45, 7) is 0. The first-order valence-corrected chi connectivity index (χ1v) is 12.5. The molecule has 7 nitrogen and oxygen atoms in total. The number of thiophene rings is 1. The Hall–Kier alpha value is -3.82. The number of carbonyl (C=O) groups is 1. The van der Waals surface area contributed by atoms with E-state index in [4.69, 9.17) is 15.2 Å². The molecule has 4 rings (SSSR count). The molecule has 0 atom stereocenters. The molecule has 0 aliphatic heterocycles. The summed E-state index contributed by atoms with van der Waals surface area (Å²) in [5.74, 6) is 0.651. The van der Waals surface area contributed by atoms with Crippen molar-refractivity contribution in [3.8, 4) is 11.5 Å². The van der Waals surface area contributed by atoms with E-state index in [9.17, 15) is 13.2 Å². The van der Waals surface area contributed by atoms with Gasteiger partial charge in [-0.2, -0.15) is 0 Å². The highest BCUT2D eigenvalue weighted by atomic mass is 32.2. The van der Waals surface area contributed by atoms with Gasteiger partial charge < -0.3 is 20.5 Å². The van der Waals surface area contributed by atoms with E-state index in [1.807, 2.05) is 0 Å². The fourth-order valence-corrected chi connectivity index (χ4v) is 6.36. The van der Waals surface area contributed by atoms with E-state index in [1.165, 1.54) is 26.4 Å². The molecule has 0 aliphatic carbocycles. The Morgan fingerprint density at radius 2 is 1.56 bits per heavy atom. The van der Waals surface area contributed by atoms with E-state index in [0.717, 1.165) is 11.3 Å². The number of carbonyl (C=O) groups excluding carboxylic acids is 1. The van der Waals surface area contributed by atoms with Crippen LogP contribution in [0.2, 0.25) is 0 Å². The van der Waals surface area contributed by atoms with Crippen LogP contribution in [0, 0.1) is 0 Å². The summed E-state index contributed by atoms with van der Waals surface area (Å²) in [5.41, 5.74) is 7.16. The Balaban J connectivity index is 1.89. The fourth-order valence-electron chi connectivity index (χ4n) is 3.41. The van der Waals surface area contributed by atoms with Crippen LogP contribution in [0.3, 0.4) is 0 Å². The smallest absolute Gasteiger partial charge is 0.211 e. The van der Waals surface area contributed by atoms with Crippen molar-refractivity contribution in [1.82, 2.24) is 0 Å². The Bertz CT molecular complexity index is 1430. The van der Waals surface area contributed by atoms with Crippen LogP contribution in [0.5, 0.6) is 11.5 Å². The Kier molecular flexibility index (Phi) is 6.58. The van der Waals surface area contributed by atoms with Gasteiger partial charge in [0.2, 0.25) is 15.6 Å². The second kappa shape index (κ2) is 9.58. The van der Waals surface area contributed by atoms with Gasteiger partial charge in [-0.15, -0.1) is 11.3 Å². The number of nitrogens with two attached hydrogens (primary N) is 1. The highest BCUT2D eigenvalue weighted by molar-refractivity contribution is 7.92. The van der Waals surface area contributed by atoms with Crippen molar-refractivity contribution in [2.75, 3.05) is 25.3 Å². The summed E-state index contributed by atoms with van der Waals surface area (Å²) in [7, 11) is -1.01. The molecule has 0 bridgehead atoms. The van der Waals surface area contributed by atoms with Crippen LogP contribution < -0.4 is 20.5 Å². The van der Waals surface area contributed by atoms with Crippen LogP contribution in [-0.4, -0.2) is 28.4 Å². The summed E-state index contributed by atoms with van der Waals surface area (Å²) < 4.78 is 37.9. The maximum Gasteiger partial charge on any atom is 0.211 e. The molecule has 1 aromatic heterocycles. The van der Waals surface area contributed by atoms with E-state index >= 15 is 0 Å². The Morgan fingerprint density at radius 3 is 2.18 bits per heavy atom. The predicted octanol–water partition coefficient (Wildman–Crippen LogP) is 5.15. The third kappa shape index (κ3) is 4.35. The number of ketones is 1. The summed E-state index contributed by atoms with van der Waals surface area (Å²) in [4.78, 5) is 13.3. The van der Waals surface area contributed by atoms with Gasteiger partial charge in [0.15, 0.2) is 0 Å². The van der Waals surface area contributed by atoms with Crippen LogP contribution in [0.25, 0.3) is 0 Å². The molecule has 174 valence electrons. The SMILES string of the molecule is COc1ccc(Nc2sc(C(=O)c3ccccc3)c(N)c2S(=O)(=O)c2ccccc2)c(OC)c1. The van der Waals surface area contributed by atoms with Crippen molar-refractivity contribution in [3.63, 3.8) is 0 Å². The van der Waals surface area contributed by atoms with E-state index in [-0.39, 0.29) is 31.1 Å². The van der Waals surface area contributed by atoms with E-state index < -0.39 is 9.84 Å². The van der Waals surface area contributed by atoms with Crippen LogP contribution in [0.15, 0.2) is 88.7 Å². The molecule has 0 spiro atoms. The normalized spacial score (nSPS) is 11.1. The summed E-state index contributed by atoms with van der Waals surface area (Å²) >= 11 is 0.983. The zero-order chi connectivity index (χ0) is 24.3. The van der Waals surface area contributed by atoms with E-state index in [1.54, 1.807) is 66.7 Å². The van der Waals surface area contributed by atoms with Gasteiger partial charge in [-0.25, -0.2) is 8.42 Å². The topological polar surface area (TPSA) is 108 Å². The number of hydrogen-bond donors (Lipinski definition) is 2. The number of hydrogen-bond acceptors (Lipinski definition) is 8. The van der Waals surface area contributed by atoms with Crippen LogP contribution in [0.4, 0.5) is 16.4 Å². The number of sulfone groups is 1. The van der Waals surface area contributed by atoms with Crippen molar-refractivity contribution < 1.29 is 22.7 Å². The van der Waals surface area contributed by atoms with Gasteiger partial charge in [0.25, 0.3) is 0 Å². The second-order valence-corrected chi connectivity index (χ2v) is 10.1. The lowest BCUT2D eigenvalue weighted by molar-refractivity contribution is 0.104. The average molecular weight is 495 g/mol. The molecule has 0 aliphatic rings. The molecule has 4 aromatic rings. The molecule has 0 radical (unpaired) electrons. The minimum atomic E-state index is -4.04. The maximum absolute atomic E-state index is 13.6. The lowest BCUT2D eigenvalue weighted by Gasteiger charge is -2.13. The van der Waals surface area contributed by atoms with Crippen molar-refractivity contribution in [2.45, 2.75) is 9.79 Å². The number of benzene rings is 3. The van der Waals surface area contributed by atoms with Crippen molar-refractivity contribution in [1.29, 1.82) is 0 Å². The lowest BCUT2D eigenvalue weighted by Crippen LogP contribution is -2.08. The zero-order valence-corrected chi connectivity index (χ0v) is 20.1. The maximum atomic E-state index is 13.6. The molecule has 9 heteroatoms. The minimum absolute atomic E-state index is 0.0722. The quantitative estimate of drug-likeness (QED) is 0.326. The third-order valence-electron chi connectivity index (χ3n) is 5.12. The Morgan fingerprint density at radius 1 is 0.912 bits per heavy atom. The van der Waals surface area contributed by atoms with Gasteiger partial charge in [0.1, 0.15) is 26.3 Å². The first-order chi connectivity index (χ1) is 16.4. The highest BCUT2D eigenvalue weighted by Crippen LogP contribution is 2.45. The van der Waals surface area contributed by atoms with Gasteiger partial charge >= 0.3 is 0 Å². The summed E-state index contributed by atoms with van der Waals surface area (Å²) in [5, 5.41) is 3.33. The summed E-state index contributed by atoms with van der Waals surface area (Å²) in [6.07, 6.45) is 0. The molecule has 0 amide bonds. The van der Waals surface area contributed by atoms with E-state index in [2.05, 4.69) is 5.32 Å². The fraction of sp³-hybridized carbons (Fsp3) is 0.0800. The molecule has 0 fully saturated rings. The van der Waals surface area contributed by atoms with Crippen molar-refractivity contribution in [3.05, 3.63) is 89.3 Å². The first kappa shape index (κ1) is 23.3. The molecule has 34 heavy (non-hydrogen) atoms. The van der Waals surface area contributed by atoms with Crippen LogP contribution in [0.1, 0.15) is 15.2 Å². The number of rotatable bonds is 8. The second-order valence-electron chi connectivity index (χ2n) is 7.21. The molecular weight excluding hydrogens is 472 g/mol.